The lowest BCUT2D eigenvalue weighted by Gasteiger charge is -2.06. The fourth-order valence-electron chi connectivity index (χ4n) is 1.08. The smallest absolute Gasteiger partial charge is 0.140 e. The van der Waals surface area contributed by atoms with Crippen LogP contribution in [0.4, 0.5) is 5.82 Å². The Hall–Kier alpha value is -0.770. The lowest BCUT2D eigenvalue weighted by molar-refractivity contribution is 0.979. The van der Waals surface area contributed by atoms with Gasteiger partial charge in [0.15, 0.2) is 0 Å². The van der Waals surface area contributed by atoms with E-state index in [2.05, 4.69) is 16.9 Å². The van der Waals surface area contributed by atoms with Crippen LogP contribution in [0.1, 0.15) is 30.4 Å². The Labute approximate surface area is 89.5 Å². The quantitative estimate of drug-likeness (QED) is 0.777. The molecule has 1 heterocycles. The van der Waals surface area contributed by atoms with E-state index in [9.17, 15) is 0 Å². The fraction of sp³-hybridized carbons (Fsp3) is 0.600. The summed E-state index contributed by atoms with van der Waals surface area (Å²) in [4.78, 5) is 8.64. The van der Waals surface area contributed by atoms with Gasteiger partial charge >= 0.3 is 0 Å². The average Bonchev–Trinajstić information content (AvgIpc) is 2.14. The highest BCUT2D eigenvalue weighted by Gasteiger charge is 2.04. The Balaban J connectivity index is 2.69. The van der Waals surface area contributed by atoms with Crippen molar-refractivity contribution in [2.75, 3.05) is 11.5 Å². The molecule has 0 aromatic carbocycles. The highest BCUT2D eigenvalue weighted by molar-refractivity contribution is 7.98. The molecule has 0 spiro atoms. The summed E-state index contributed by atoms with van der Waals surface area (Å²) in [7, 11) is 0. The van der Waals surface area contributed by atoms with Crippen LogP contribution in [0.2, 0.25) is 0 Å². The Bertz CT molecular complexity index is 289. The number of nitrogens with two attached hydrogens (primary N) is 1. The maximum absolute atomic E-state index is 5.77. The molecule has 0 amide bonds. The highest BCUT2D eigenvalue weighted by atomic mass is 32.2. The van der Waals surface area contributed by atoms with Crippen LogP contribution in [0.3, 0.4) is 0 Å². The van der Waals surface area contributed by atoms with Gasteiger partial charge in [-0.1, -0.05) is 6.92 Å². The number of thioether (sulfide) groups is 1. The lowest BCUT2D eigenvalue weighted by atomic mass is 10.2. The molecule has 3 nitrogen and oxygen atoms in total. The summed E-state index contributed by atoms with van der Waals surface area (Å²) in [5, 5.41) is 0. The zero-order valence-electron chi connectivity index (χ0n) is 9.00. The van der Waals surface area contributed by atoms with Crippen LogP contribution >= 0.6 is 11.8 Å². The first-order valence-corrected chi connectivity index (χ1v) is 5.98. The number of aromatic nitrogens is 2. The summed E-state index contributed by atoms with van der Waals surface area (Å²) in [5.74, 6) is 3.48. The second-order valence-corrected chi connectivity index (χ2v) is 4.39. The monoisotopic (exact) mass is 211 g/mol. The number of rotatable bonds is 4. The first-order chi connectivity index (χ1) is 6.65. The van der Waals surface area contributed by atoms with E-state index in [4.69, 9.17) is 5.73 Å². The van der Waals surface area contributed by atoms with Crippen molar-refractivity contribution in [2.45, 2.75) is 32.9 Å². The van der Waals surface area contributed by atoms with Crippen molar-refractivity contribution in [3.63, 3.8) is 0 Å². The van der Waals surface area contributed by atoms with Crippen LogP contribution in [0.15, 0.2) is 0 Å². The van der Waals surface area contributed by atoms with Gasteiger partial charge in [-0.15, -0.1) is 0 Å². The largest absolute Gasteiger partial charge is 0.383 e. The van der Waals surface area contributed by atoms with Gasteiger partial charge in [0.25, 0.3) is 0 Å². The molecule has 0 radical (unpaired) electrons. The molecule has 0 fully saturated rings. The number of hydrogen-bond donors (Lipinski definition) is 1. The predicted molar refractivity (Wildman–Crippen MR) is 62.4 cm³/mol. The van der Waals surface area contributed by atoms with Crippen molar-refractivity contribution in [3.05, 3.63) is 17.1 Å². The SMILES string of the molecule is CCCSCc1nc(C)c(C)c(N)n1. The third kappa shape index (κ3) is 2.87. The molecule has 0 aliphatic rings. The highest BCUT2D eigenvalue weighted by Crippen LogP contribution is 2.15. The third-order valence-corrected chi connectivity index (χ3v) is 3.21. The predicted octanol–water partition coefficient (Wildman–Crippen LogP) is 2.32. The molecule has 0 saturated carbocycles. The molecule has 0 atom stereocenters. The van der Waals surface area contributed by atoms with Gasteiger partial charge in [0.05, 0.1) is 5.75 Å². The van der Waals surface area contributed by atoms with Crippen molar-refractivity contribution in [1.82, 2.24) is 9.97 Å². The zero-order valence-corrected chi connectivity index (χ0v) is 9.82. The van der Waals surface area contributed by atoms with Crippen molar-refractivity contribution >= 4 is 17.6 Å². The van der Waals surface area contributed by atoms with Crippen LogP contribution in [0.5, 0.6) is 0 Å². The van der Waals surface area contributed by atoms with Gasteiger partial charge in [0.2, 0.25) is 0 Å². The minimum atomic E-state index is 0.615. The summed E-state index contributed by atoms with van der Waals surface area (Å²) in [5.41, 5.74) is 7.75. The van der Waals surface area contributed by atoms with Crippen LogP contribution < -0.4 is 5.73 Å². The maximum Gasteiger partial charge on any atom is 0.140 e. The zero-order chi connectivity index (χ0) is 10.6. The fourth-order valence-corrected chi connectivity index (χ4v) is 1.83. The van der Waals surface area contributed by atoms with Crippen molar-refractivity contribution in [3.8, 4) is 0 Å². The summed E-state index contributed by atoms with van der Waals surface area (Å²) in [6.07, 6.45) is 1.19. The van der Waals surface area contributed by atoms with Crippen molar-refractivity contribution in [2.24, 2.45) is 0 Å². The molecule has 0 aliphatic carbocycles. The molecule has 0 aliphatic heterocycles. The summed E-state index contributed by atoms with van der Waals surface area (Å²) >= 11 is 1.85. The van der Waals surface area contributed by atoms with E-state index in [0.717, 1.165) is 28.6 Å². The number of anilines is 1. The Morgan fingerprint density at radius 1 is 1.29 bits per heavy atom. The van der Waals surface area contributed by atoms with Gasteiger partial charge in [-0.3, -0.25) is 0 Å². The van der Waals surface area contributed by atoms with Crippen LogP contribution in [-0.2, 0) is 5.75 Å². The van der Waals surface area contributed by atoms with Crippen LogP contribution in [0, 0.1) is 13.8 Å². The standard InChI is InChI=1S/C10H17N3S/c1-4-5-14-6-9-12-8(3)7(2)10(11)13-9/h4-6H2,1-3H3,(H2,11,12,13). The van der Waals surface area contributed by atoms with Gasteiger partial charge < -0.3 is 5.73 Å². The molecule has 14 heavy (non-hydrogen) atoms. The molecule has 2 N–H and O–H groups in total. The van der Waals surface area contributed by atoms with E-state index in [1.807, 2.05) is 25.6 Å². The molecule has 0 saturated heterocycles. The molecule has 78 valence electrons. The van der Waals surface area contributed by atoms with E-state index >= 15 is 0 Å². The number of nitrogens with zero attached hydrogens (tertiary/aromatic N) is 2. The van der Waals surface area contributed by atoms with Gasteiger partial charge in [0, 0.05) is 11.3 Å². The number of nitrogen functional groups attached to an aromatic ring is 1. The average molecular weight is 211 g/mol. The van der Waals surface area contributed by atoms with Crippen molar-refractivity contribution < 1.29 is 0 Å². The normalized spacial score (nSPS) is 10.5. The molecular formula is C10H17N3S. The second-order valence-electron chi connectivity index (χ2n) is 3.29. The van der Waals surface area contributed by atoms with E-state index in [1.54, 1.807) is 0 Å². The van der Waals surface area contributed by atoms with Crippen molar-refractivity contribution in [1.29, 1.82) is 0 Å². The Morgan fingerprint density at radius 2 is 2.00 bits per heavy atom. The third-order valence-electron chi connectivity index (χ3n) is 2.05. The van der Waals surface area contributed by atoms with E-state index in [1.165, 1.54) is 6.42 Å². The summed E-state index contributed by atoms with van der Waals surface area (Å²) in [6, 6.07) is 0. The Morgan fingerprint density at radius 3 is 2.57 bits per heavy atom. The summed E-state index contributed by atoms with van der Waals surface area (Å²) < 4.78 is 0. The molecule has 4 heteroatoms. The van der Waals surface area contributed by atoms with E-state index in [0.29, 0.717) is 5.82 Å². The van der Waals surface area contributed by atoms with Gasteiger partial charge in [-0.2, -0.15) is 11.8 Å². The number of hydrogen-bond acceptors (Lipinski definition) is 4. The Kier molecular flexibility index (Phi) is 4.20. The summed E-state index contributed by atoms with van der Waals surface area (Å²) in [6.45, 7) is 6.09. The first-order valence-electron chi connectivity index (χ1n) is 4.82. The number of aryl methyl sites for hydroxylation is 1. The van der Waals surface area contributed by atoms with Gasteiger partial charge in [0.1, 0.15) is 11.6 Å². The second kappa shape index (κ2) is 5.20. The minimum absolute atomic E-state index is 0.615. The molecule has 1 aromatic heterocycles. The topological polar surface area (TPSA) is 51.8 Å². The van der Waals surface area contributed by atoms with Crippen LogP contribution in [-0.4, -0.2) is 15.7 Å². The molecule has 1 aromatic rings. The van der Waals surface area contributed by atoms with E-state index in [-0.39, 0.29) is 0 Å². The lowest BCUT2D eigenvalue weighted by Crippen LogP contribution is -2.04. The van der Waals surface area contributed by atoms with Gasteiger partial charge in [-0.05, 0) is 26.0 Å². The first kappa shape index (κ1) is 11.3. The molecule has 0 unspecified atom stereocenters. The maximum atomic E-state index is 5.77. The van der Waals surface area contributed by atoms with Crippen LogP contribution in [0.25, 0.3) is 0 Å². The van der Waals surface area contributed by atoms with Gasteiger partial charge in [-0.25, -0.2) is 9.97 Å². The molecule has 0 bridgehead atoms. The molecule has 1 rings (SSSR count). The van der Waals surface area contributed by atoms with E-state index < -0.39 is 0 Å². The molecular weight excluding hydrogens is 194 g/mol. The minimum Gasteiger partial charge on any atom is -0.383 e.